The highest BCUT2D eigenvalue weighted by Gasteiger charge is 2.17. The predicted octanol–water partition coefficient (Wildman–Crippen LogP) is 1.88. The molecule has 7 heteroatoms. The van der Waals surface area contributed by atoms with Crippen molar-refractivity contribution in [2.24, 2.45) is 5.73 Å². The number of primary amides is 1. The summed E-state index contributed by atoms with van der Waals surface area (Å²) in [6, 6.07) is 13.2. The number of hydrogen-bond acceptors (Lipinski definition) is 4. The number of rotatable bonds is 4. The van der Waals surface area contributed by atoms with E-state index in [0.29, 0.717) is 21.4 Å². The van der Waals surface area contributed by atoms with Gasteiger partial charge in [0, 0.05) is 10.4 Å². The van der Waals surface area contributed by atoms with Crippen molar-refractivity contribution in [2.75, 3.05) is 0 Å². The third kappa shape index (κ3) is 3.02. The normalized spacial score (nSPS) is 12.2. The first kappa shape index (κ1) is 16.2. The fraction of sp³-hybridized carbons (Fsp3) is 0.118. The van der Waals surface area contributed by atoms with E-state index in [2.05, 4.69) is 5.10 Å². The van der Waals surface area contributed by atoms with Crippen molar-refractivity contribution >= 4 is 28.3 Å². The molecule has 122 valence electrons. The number of halogens is 1. The summed E-state index contributed by atoms with van der Waals surface area (Å²) in [5.74, 6) is -0.735. The van der Waals surface area contributed by atoms with E-state index in [1.54, 1.807) is 48.5 Å². The van der Waals surface area contributed by atoms with Gasteiger partial charge in [0.15, 0.2) is 5.69 Å². The molecule has 2 aromatic carbocycles. The van der Waals surface area contributed by atoms with Crippen LogP contribution in [0.4, 0.5) is 0 Å². The van der Waals surface area contributed by atoms with E-state index in [4.69, 9.17) is 17.3 Å². The molecular weight excluding hydrogens is 330 g/mol. The molecule has 0 bridgehead atoms. The Hall–Kier alpha value is -2.70. The van der Waals surface area contributed by atoms with E-state index in [1.807, 2.05) is 0 Å². The van der Waals surface area contributed by atoms with Crippen LogP contribution >= 0.6 is 11.6 Å². The van der Waals surface area contributed by atoms with Crippen molar-refractivity contribution in [3.8, 4) is 0 Å². The SMILES string of the molecule is NC(=O)c1nn(C[C@H](O)c2ccc(Cl)cc2)c(=O)c2ccccc12. The molecule has 1 aromatic heterocycles. The second kappa shape index (κ2) is 6.43. The van der Waals surface area contributed by atoms with Crippen LogP contribution in [0.15, 0.2) is 53.3 Å². The molecule has 1 amide bonds. The topological polar surface area (TPSA) is 98.2 Å². The first-order chi connectivity index (χ1) is 11.5. The largest absolute Gasteiger partial charge is 0.386 e. The Labute approximate surface area is 142 Å². The van der Waals surface area contributed by atoms with Gasteiger partial charge in [0.25, 0.3) is 11.5 Å². The molecule has 0 aliphatic heterocycles. The molecule has 24 heavy (non-hydrogen) atoms. The van der Waals surface area contributed by atoms with Crippen LogP contribution < -0.4 is 11.3 Å². The number of aliphatic hydroxyl groups excluding tert-OH is 1. The summed E-state index contributed by atoms with van der Waals surface area (Å²) < 4.78 is 1.06. The van der Waals surface area contributed by atoms with Gasteiger partial charge in [0.2, 0.25) is 0 Å². The van der Waals surface area contributed by atoms with Gasteiger partial charge < -0.3 is 10.8 Å². The van der Waals surface area contributed by atoms with E-state index in [1.165, 1.54) is 0 Å². The molecule has 0 radical (unpaired) electrons. The van der Waals surface area contributed by atoms with Gasteiger partial charge in [-0.25, -0.2) is 4.68 Å². The molecule has 0 spiro atoms. The van der Waals surface area contributed by atoms with E-state index < -0.39 is 17.6 Å². The maximum atomic E-state index is 12.5. The molecule has 0 unspecified atom stereocenters. The van der Waals surface area contributed by atoms with Crippen LogP contribution in [-0.2, 0) is 6.54 Å². The molecule has 0 aliphatic rings. The zero-order chi connectivity index (χ0) is 17.3. The molecular formula is C17H14ClN3O3. The number of carbonyl (C=O) groups is 1. The summed E-state index contributed by atoms with van der Waals surface area (Å²) in [6.45, 7) is -0.106. The Morgan fingerprint density at radius 2 is 1.79 bits per heavy atom. The molecule has 3 rings (SSSR count). The fourth-order valence-corrected chi connectivity index (χ4v) is 2.62. The average molecular weight is 344 g/mol. The number of benzene rings is 2. The van der Waals surface area contributed by atoms with E-state index in [-0.39, 0.29) is 12.2 Å². The Bertz CT molecular complexity index is 967. The molecule has 1 heterocycles. The maximum absolute atomic E-state index is 12.5. The van der Waals surface area contributed by atoms with Gasteiger partial charge in [0.1, 0.15) is 0 Å². The van der Waals surface area contributed by atoms with Gasteiger partial charge in [0.05, 0.1) is 18.0 Å². The van der Waals surface area contributed by atoms with Crippen LogP contribution in [-0.4, -0.2) is 20.8 Å². The lowest BCUT2D eigenvalue weighted by molar-refractivity contribution is 0.0992. The summed E-state index contributed by atoms with van der Waals surface area (Å²) in [7, 11) is 0. The van der Waals surface area contributed by atoms with Crippen molar-refractivity contribution in [1.29, 1.82) is 0 Å². The van der Waals surface area contributed by atoms with Crippen LogP contribution in [0.5, 0.6) is 0 Å². The van der Waals surface area contributed by atoms with Gasteiger partial charge in [-0.3, -0.25) is 9.59 Å². The molecule has 3 aromatic rings. The van der Waals surface area contributed by atoms with Gasteiger partial charge >= 0.3 is 0 Å². The molecule has 0 saturated heterocycles. The quantitative estimate of drug-likeness (QED) is 0.755. The lowest BCUT2D eigenvalue weighted by Crippen LogP contribution is -2.29. The smallest absolute Gasteiger partial charge is 0.274 e. The van der Waals surface area contributed by atoms with Crippen molar-refractivity contribution in [3.05, 3.63) is 75.2 Å². The van der Waals surface area contributed by atoms with Gasteiger partial charge in [-0.05, 0) is 23.8 Å². The number of nitrogens with two attached hydrogens (primary N) is 1. The lowest BCUT2D eigenvalue weighted by Gasteiger charge is -2.14. The second-order valence-electron chi connectivity index (χ2n) is 5.31. The summed E-state index contributed by atoms with van der Waals surface area (Å²) >= 11 is 5.82. The number of carbonyl (C=O) groups excluding carboxylic acids is 1. The van der Waals surface area contributed by atoms with Crippen LogP contribution in [0.2, 0.25) is 5.02 Å². The Balaban J connectivity index is 2.06. The second-order valence-corrected chi connectivity index (χ2v) is 5.75. The van der Waals surface area contributed by atoms with Crippen molar-refractivity contribution in [3.63, 3.8) is 0 Å². The molecule has 0 saturated carbocycles. The number of hydrogen-bond donors (Lipinski definition) is 2. The average Bonchev–Trinajstić information content (AvgIpc) is 2.57. The van der Waals surface area contributed by atoms with E-state index in [9.17, 15) is 14.7 Å². The number of amides is 1. The van der Waals surface area contributed by atoms with Crippen molar-refractivity contribution in [2.45, 2.75) is 12.6 Å². The highest BCUT2D eigenvalue weighted by Crippen LogP contribution is 2.18. The summed E-state index contributed by atoms with van der Waals surface area (Å²) in [4.78, 5) is 24.2. The molecule has 0 fully saturated rings. The van der Waals surface area contributed by atoms with Crippen LogP contribution in [0.3, 0.4) is 0 Å². The minimum absolute atomic E-state index is 0.00601. The number of nitrogens with zero attached hydrogens (tertiary/aromatic N) is 2. The molecule has 3 N–H and O–H groups in total. The third-order valence-electron chi connectivity index (χ3n) is 3.70. The summed E-state index contributed by atoms with van der Waals surface area (Å²) in [6.07, 6.45) is -0.977. The van der Waals surface area contributed by atoms with Crippen LogP contribution in [0, 0.1) is 0 Å². The van der Waals surface area contributed by atoms with Crippen molar-refractivity contribution in [1.82, 2.24) is 9.78 Å². The zero-order valence-corrected chi connectivity index (χ0v) is 13.3. The number of aliphatic hydroxyl groups is 1. The number of aromatic nitrogens is 2. The standard InChI is InChI=1S/C17H14ClN3O3/c18-11-7-5-10(6-8-11)14(22)9-21-17(24)13-4-2-1-3-12(13)15(20-21)16(19)23/h1-8,14,22H,9H2,(H2,19,23)/t14-/m0/s1. The fourth-order valence-electron chi connectivity index (χ4n) is 2.50. The molecule has 6 nitrogen and oxygen atoms in total. The summed E-state index contributed by atoms with van der Waals surface area (Å²) in [5.41, 5.74) is 5.54. The Morgan fingerprint density at radius 1 is 1.17 bits per heavy atom. The van der Waals surface area contributed by atoms with Gasteiger partial charge in [-0.15, -0.1) is 0 Å². The van der Waals surface area contributed by atoms with Crippen LogP contribution in [0.25, 0.3) is 10.8 Å². The monoisotopic (exact) mass is 343 g/mol. The van der Waals surface area contributed by atoms with Crippen LogP contribution in [0.1, 0.15) is 22.2 Å². The highest BCUT2D eigenvalue weighted by atomic mass is 35.5. The van der Waals surface area contributed by atoms with Gasteiger partial charge in [-0.2, -0.15) is 5.10 Å². The third-order valence-corrected chi connectivity index (χ3v) is 3.95. The maximum Gasteiger partial charge on any atom is 0.274 e. The van der Waals surface area contributed by atoms with Crippen molar-refractivity contribution < 1.29 is 9.90 Å². The highest BCUT2D eigenvalue weighted by molar-refractivity contribution is 6.30. The zero-order valence-electron chi connectivity index (χ0n) is 12.5. The first-order valence-electron chi connectivity index (χ1n) is 7.20. The minimum atomic E-state index is -0.977. The summed E-state index contributed by atoms with van der Waals surface area (Å²) in [5, 5.41) is 15.6. The Morgan fingerprint density at radius 3 is 2.42 bits per heavy atom. The van der Waals surface area contributed by atoms with E-state index >= 15 is 0 Å². The van der Waals surface area contributed by atoms with Gasteiger partial charge in [-0.1, -0.05) is 41.9 Å². The molecule has 0 aliphatic carbocycles. The Kier molecular flexibility index (Phi) is 4.33. The predicted molar refractivity (Wildman–Crippen MR) is 90.9 cm³/mol. The lowest BCUT2D eigenvalue weighted by atomic mass is 10.1. The number of fused-ring (bicyclic) bond motifs is 1. The molecule has 1 atom stereocenters. The first-order valence-corrected chi connectivity index (χ1v) is 7.58. The van der Waals surface area contributed by atoms with E-state index in [0.717, 1.165) is 4.68 Å². The minimum Gasteiger partial charge on any atom is -0.386 e.